The van der Waals surface area contributed by atoms with Gasteiger partial charge in [0.05, 0.1) is 24.2 Å². The second-order valence-corrected chi connectivity index (χ2v) is 9.12. The Labute approximate surface area is 195 Å². The van der Waals surface area contributed by atoms with Gasteiger partial charge in [0.25, 0.3) is 0 Å². The number of carbonyl (C=O) groups excluding carboxylic acids is 2. The van der Waals surface area contributed by atoms with Crippen LogP contribution in [0, 0.1) is 12.7 Å². The molecular formula is C23H26FN5O3S. The molecule has 0 radical (unpaired) electrons. The van der Waals surface area contributed by atoms with Crippen LogP contribution in [-0.4, -0.2) is 54.0 Å². The molecule has 10 heteroatoms. The summed E-state index contributed by atoms with van der Waals surface area (Å²) >= 11 is 1.27. The summed E-state index contributed by atoms with van der Waals surface area (Å²) in [5, 5.41) is 3.99. The van der Waals surface area contributed by atoms with Gasteiger partial charge < -0.3 is 19.9 Å². The first kappa shape index (κ1) is 23.1. The second kappa shape index (κ2) is 9.40. The van der Waals surface area contributed by atoms with E-state index in [1.165, 1.54) is 22.3 Å². The van der Waals surface area contributed by atoms with Crippen molar-refractivity contribution < 1.29 is 18.7 Å². The van der Waals surface area contributed by atoms with Gasteiger partial charge in [0.2, 0.25) is 5.91 Å². The number of hydrogen-bond acceptors (Lipinski definition) is 8. The van der Waals surface area contributed by atoms with Gasteiger partial charge in [-0.2, -0.15) is 0 Å². The molecule has 2 aromatic heterocycles. The van der Waals surface area contributed by atoms with Crippen LogP contribution in [0.4, 0.5) is 21.6 Å². The molecule has 1 aliphatic heterocycles. The lowest BCUT2D eigenvalue weighted by Crippen LogP contribution is -2.24. The fourth-order valence-electron chi connectivity index (χ4n) is 3.86. The summed E-state index contributed by atoms with van der Waals surface area (Å²) < 4.78 is 19.7. The van der Waals surface area contributed by atoms with E-state index in [0.717, 1.165) is 5.56 Å². The van der Waals surface area contributed by atoms with Crippen molar-refractivity contribution in [2.75, 3.05) is 37.5 Å². The van der Waals surface area contributed by atoms with E-state index in [1.54, 1.807) is 19.1 Å². The first-order valence-electron chi connectivity index (χ1n) is 10.8. The number of amides is 1. The average molecular weight is 472 g/mol. The number of esters is 1. The third-order valence-corrected chi connectivity index (χ3v) is 6.49. The van der Waals surface area contributed by atoms with E-state index in [4.69, 9.17) is 9.72 Å². The SMILES string of the molecule is CCOC(=O)c1sc2nc(CN(C)C)nc(Nc3ccc(F)c(N4CCCC4=O)c3)c2c1C. The van der Waals surface area contributed by atoms with Gasteiger partial charge in [0, 0.05) is 18.7 Å². The summed E-state index contributed by atoms with van der Waals surface area (Å²) in [5.41, 5.74) is 1.56. The molecule has 4 rings (SSSR count). The first-order valence-corrected chi connectivity index (χ1v) is 11.6. The molecule has 1 fully saturated rings. The van der Waals surface area contributed by atoms with Gasteiger partial charge >= 0.3 is 5.97 Å². The van der Waals surface area contributed by atoms with Crippen molar-refractivity contribution in [2.45, 2.75) is 33.2 Å². The number of halogens is 1. The van der Waals surface area contributed by atoms with E-state index < -0.39 is 11.8 Å². The molecule has 1 aliphatic rings. The highest BCUT2D eigenvalue weighted by atomic mass is 32.1. The predicted molar refractivity (Wildman–Crippen MR) is 127 cm³/mol. The molecule has 1 amide bonds. The van der Waals surface area contributed by atoms with Gasteiger partial charge in [-0.25, -0.2) is 19.2 Å². The van der Waals surface area contributed by atoms with Crippen LogP contribution in [0.1, 0.15) is 40.8 Å². The quantitative estimate of drug-likeness (QED) is 0.516. The number of rotatable bonds is 7. The van der Waals surface area contributed by atoms with Crippen molar-refractivity contribution in [3.05, 3.63) is 40.3 Å². The fraction of sp³-hybridized carbons (Fsp3) is 0.391. The number of nitrogens with zero attached hydrogens (tertiary/aromatic N) is 4. The molecule has 0 aliphatic carbocycles. The summed E-state index contributed by atoms with van der Waals surface area (Å²) in [7, 11) is 3.84. The summed E-state index contributed by atoms with van der Waals surface area (Å²) in [6.07, 6.45) is 1.13. The molecule has 1 aromatic carbocycles. The maximum Gasteiger partial charge on any atom is 0.348 e. The van der Waals surface area contributed by atoms with Crippen molar-refractivity contribution >= 4 is 50.6 Å². The Morgan fingerprint density at radius 2 is 2.12 bits per heavy atom. The Hall–Kier alpha value is -3.11. The number of ether oxygens (including phenoxy) is 1. The number of hydrogen-bond donors (Lipinski definition) is 1. The number of anilines is 3. The van der Waals surface area contributed by atoms with Crippen LogP contribution in [0.15, 0.2) is 18.2 Å². The zero-order chi connectivity index (χ0) is 23.7. The van der Waals surface area contributed by atoms with Gasteiger partial charge in [-0.1, -0.05) is 0 Å². The molecule has 1 saturated heterocycles. The molecule has 0 atom stereocenters. The maximum absolute atomic E-state index is 14.5. The highest BCUT2D eigenvalue weighted by Gasteiger charge is 2.25. The number of carbonyl (C=O) groups is 2. The van der Waals surface area contributed by atoms with Crippen LogP contribution in [-0.2, 0) is 16.1 Å². The molecule has 3 aromatic rings. The lowest BCUT2D eigenvalue weighted by atomic mass is 10.2. The number of aryl methyl sites for hydroxylation is 1. The molecule has 0 unspecified atom stereocenters. The monoisotopic (exact) mass is 471 g/mol. The van der Waals surface area contributed by atoms with Crippen molar-refractivity contribution in [1.82, 2.24) is 14.9 Å². The predicted octanol–water partition coefficient (Wildman–Crippen LogP) is 4.25. The van der Waals surface area contributed by atoms with Crippen LogP contribution in [0.2, 0.25) is 0 Å². The number of thiophene rings is 1. The van der Waals surface area contributed by atoms with Crippen LogP contribution in [0.5, 0.6) is 0 Å². The van der Waals surface area contributed by atoms with Crippen LogP contribution >= 0.6 is 11.3 Å². The van der Waals surface area contributed by atoms with E-state index in [-0.39, 0.29) is 18.2 Å². The zero-order valence-electron chi connectivity index (χ0n) is 19.1. The van der Waals surface area contributed by atoms with E-state index in [2.05, 4.69) is 10.3 Å². The molecule has 0 saturated carbocycles. The molecule has 8 nitrogen and oxygen atoms in total. The third kappa shape index (κ3) is 4.67. The maximum atomic E-state index is 14.5. The lowest BCUT2D eigenvalue weighted by Gasteiger charge is -2.18. The van der Waals surface area contributed by atoms with Gasteiger partial charge in [0.1, 0.15) is 27.2 Å². The number of benzene rings is 1. The zero-order valence-corrected chi connectivity index (χ0v) is 19.9. The molecule has 174 valence electrons. The van der Waals surface area contributed by atoms with E-state index in [9.17, 15) is 14.0 Å². The molecular weight excluding hydrogens is 445 g/mol. The number of nitrogens with one attached hydrogen (secondary N) is 1. The van der Waals surface area contributed by atoms with Crippen LogP contribution in [0.3, 0.4) is 0 Å². The van der Waals surface area contributed by atoms with Crippen molar-refractivity contribution in [3.63, 3.8) is 0 Å². The summed E-state index contributed by atoms with van der Waals surface area (Å²) in [4.78, 5) is 38.5. The van der Waals surface area contributed by atoms with E-state index in [1.807, 2.05) is 25.9 Å². The van der Waals surface area contributed by atoms with Crippen molar-refractivity contribution in [2.24, 2.45) is 0 Å². The molecule has 3 heterocycles. The Kier molecular flexibility index (Phi) is 6.57. The van der Waals surface area contributed by atoms with Crippen LogP contribution < -0.4 is 10.2 Å². The first-order chi connectivity index (χ1) is 15.8. The minimum Gasteiger partial charge on any atom is -0.462 e. The summed E-state index contributed by atoms with van der Waals surface area (Å²) in [6, 6.07) is 4.56. The van der Waals surface area contributed by atoms with Gasteiger partial charge in [-0.15, -0.1) is 11.3 Å². The standard InChI is InChI=1S/C23H26FN5O3S/c1-5-32-23(31)20-13(2)19-21(26-17(12-28(3)4)27-22(19)33-20)25-14-8-9-15(24)16(11-14)29-10-6-7-18(29)30/h8-9,11H,5-7,10,12H2,1-4H3,(H,25,26,27). The van der Waals surface area contributed by atoms with Gasteiger partial charge in [0.15, 0.2) is 0 Å². The summed E-state index contributed by atoms with van der Waals surface area (Å²) in [6.45, 7) is 4.89. The Morgan fingerprint density at radius 1 is 1.33 bits per heavy atom. The fourth-order valence-corrected chi connectivity index (χ4v) is 4.95. The Morgan fingerprint density at radius 3 is 2.79 bits per heavy atom. The molecule has 0 spiro atoms. The smallest absolute Gasteiger partial charge is 0.348 e. The molecule has 0 bridgehead atoms. The highest BCUT2D eigenvalue weighted by Crippen LogP contribution is 2.36. The largest absolute Gasteiger partial charge is 0.462 e. The summed E-state index contributed by atoms with van der Waals surface area (Å²) in [5.74, 6) is 0.176. The van der Waals surface area contributed by atoms with Crippen LogP contribution in [0.25, 0.3) is 10.2 Å². The minimum absolute atomic E-state index is 0.0866. The van der Waals surface area contributed by atoms with E-state index >= 15 is 0 Å². The van der Waals surface area contributed by atoms with Gasteiger partial charge in [-0.05, 0) is 58.1 Å². The topological polar surface area (TPSA) is 87.7 Å². The van der Waals surface area contributed by atoms with Crippen molar-refractivity contribution in [3.8, 4) is 0 Å². The molecule has 1 N–H and O–H groups in total. The number of aromatic nitrogens is 2. The Bertz CT molecular complexity index is 1230. The third-order valence-electron chi connectivity index (χ3n) is 5.33. The van der Waals surface area contributed by atoms with Crippen molar-refractivity contribution in [1.29, 1.82) is 0 Å². The normalized spacial score (nSPS) is 13.9. The van der Waals surface area contributed by atoms with E-state index in [0.29, 0.717) is 58.4 Å². The Balaban J connectivity index is 1.79. The highest BCUT2D eigenvalue weighted by molar-refractivity contribution is 7.20. The molecule has 33 heavy (non-hydrogen) atoms. The average Bonchev–Trinajstić information content (AvgIpc) is 3.32. The van der Waals surface area contributed by atoms with Gasteiger partial charge in [-0.3, -0.25) is 4.79 Å². The lowest BCUT2D eigenvalue weighted by molar-refractivity contribution is -0.117. The second-order valence-electron chi connectivity index (χ2n) is 8.12. The number of fused-ring (bicyclic) bond motifs is 1. The minimum atomic E-state index is -0.451.